The number of hydrogen-bond acceptors (Lipinski definition) is 3. The van der Waals surface area contributed by atoms with Gasteiger partial charge in [-0.25, -0.2) is 0 Å². The van der Waals surface area contributed by atoms with Crippen LogP contribution in [0.4, 0.5) is 0 Å². The van der Waals surface area contributed by atoms with Crippen LogP contribution < -0.4 is 4.74 Å². The van der Waals surface area contributed by atoms with Gasteiger partial charge in [-0.3, -0.25) is 9.69 Å². The van der Waals surface area contributed by atoms with Crippen molar-refractivity contribution in [1.29, 1.82) is 0 Å². The van der Waals surface area contributed by atoms with Gasteiger partial charge in [-0.2, -0.15) is 0 Å². The number of ether oxygens (including phenoxy) is 1. The van der Waals surface area contributed by atoms with E-state index in [9.17, 15) is 4.79 Å². The maximum Gasteiger partial charge on any atom is 0.307 e. The Morgan fingerprint density at radius 3 is 2.84 bits per heavy atom. The maximum atomic E-state index is 11.0. The zero-order valence-corrected chi connectivity index (χ0v) is 11.5. The third kappa shape index (κ3) is 4.40. The summed E-state index contributed by atoms with van der Waals surface area (Å²) in [4.78, 5) is 13.1. The average molecular weight is 284 g/mol. The van der Waals surface area contributed by atoms with E-state index >= 15 is 0 Å². The van der Waals surface area contributed by atoms with Crippen molar-refractivity contribution >= 4 is 17.6 Å². The van der Waals surface area contributed by atoms with Crippen molar-refractivity contribution in [2.45, 2.75) is 12.8 Å². The number of piperidine rings is 1. The zero-order valence-electron chi connectivity index (χ0n) is 10.7. The van der Waals surface area contributed by atoms with Gasteiger partial charge in [0.15, 0.2) is 0 Å². The quantitative estimate of drug-likeness (QED) is 0.902. The molecule has 5 heteroatoms. The molecule has 2 rings (SSSR count). The Bertz CT molecular complexity index is 421. The highest BCUT2D eigenvalue weighted by atomic mass is 35.5. The molecule has 0 radical (unpaired) electrons. The van der Waals surface area contributed by atoms with Crippen LogP contribution in [0.2, 0.25) is 5.02 Å². The average Bonchev–Trinajstić information content (AvgIpc) is 2.41. The molecule has 1 aliphatic rings. The van der Waals surface area contributed by atoms with Crippen molar-refractivity contribution < 1.29 is 14.6 Å². The van der Waals surface area contributed by atoms with E-state index in [-0.39, 0.29) is 5.92 Å². The second-order valence-electron chi connectivity index (χ2n) is 4.78. The van der Waals surface area contributed by atoms with Gasteiger partial charge in [0.05, 0.1) is 5.92 Å². The molecule has 1 aliphatic heterocycles. The number of aliphatic carboxylic acids is 1. The first-order valence-electron chi connectivity index (χ1n) is 6.48. The molecule has 0 spiro atoms. The van der Waals surface area contributed by atoms with E-state index in [2.05, 4.69) is 4.90 Å². The lowest BCUT2D eigenvalue weighted by atomic mass is 9.98. The molecule has 1 saturated heterocycles. The summed E-state index contributed by atoms with van der Waals surface area (Å²) in [6.45, 7) is 2.90. The van der Waals surface area contributed by atoms with Gasteiger partial charge in [0, 0.05) is 18.1 Å². The summed E-state index contributed by atoms with van der Waals surface area (Å²) in [5, 5.41) is 9.70. The van der Waals surface area contributed by atoms with Crippen molar-refractivity contribution in [2.24, 2.45) is 5.92 Å². The molecule has 0 aromatic heterocycles. The number of rotatable bonds is 5. The van der Waals surface area contributed by atoms with Crippen LogP contribution in [0.15, 0.2) is 24.3 Å². The Morgan fingerprint density at radius 1 is 1.42 bits per heavy atom. The van der Waals surface area contributed by atoms with Gasteiger partial charge < -0.3 is 9.84 Å². The molecule has 1 heterocycles. The topological polar surface area (TPSA) is 49.8 Å². The molecule has 1 aromatic carbocycles. The summed E-state index contributed by atoms with van der Waals surface area (Å²) in [6.07, 6.45) is 1.72. The van der Waals surface area contributed by atoms with Crippen LogP contribution in [0.5, 0.6) is 5.75 Å². The molecular weight excluding hydrogens is 266 g/mol. The predicted molar refractivity (Wildman–Crippen MR) is 73.7 cm³/mol. The Hall–Kier alpha value is -1.26. The lowest BCUT2D eigenvalue weighted by Gasteiger charge is -2.30. The van der Waals surface area contributed by atoms with Crippen LogP contribution in [-0.2, 0) is 4.79 Å². The van der Waals surface area contributed by atoms with Crippen LogP contribution >= 0.6 is 11.6 Å². The van der Waals surface area contributed by atoms with E-state index in [0.29, 0.717) is 18.2 Å². The number of halogens is 1. The molecule has 4 nitrogen and oxygen atoms in total. The number of likely N-dealkylation sites (tertiary alicyclic amines) is 1. The standard InChI is InChI=1S/C14H18ClNO3/c15-12-3-5-13(6-4-12)19-9-8-16-7-1-2-11(10-16)14(17)18/h3-6,11H,1-2,7-10H2,(H,17,18)/t11-/m1/s1. The summed E-state index contributed by atoms with van der Waals surface area (Å²) in [7, 11) is 0. The predicted octanol–water partition coefficient (Wildman–Crippen LogP) is 2.52. The fourth-order valence-corrected chi connectivity index (χ4v) is 2.41. The molecule has 0 bridgehead atoms. The number of carboxylic acids is 1. The van der Waals surface area contributed by atoms with Crippen molar-refractivity contribution in [2.75, 3.05) is 26.2 Å². The Labute approximate surface area is 117 Å². The van der Waals surface area contributed by atoms with Crippen molar-refractivity contribution in [1.82, 2.24) is 4.90 Å². The molecular formula is C14H18ClNO3. The number of hydrogen-bond donors (Lipinski definition) is 1. The fourth-order valence-electron chi connectivity index (χ4n) is 2.28. The molecule has 1 N–H and O–H groups in total. The summed E-state index contributed by atoms with van der Waals surface area (Å²) in [5.74, 6) is -0.135. The highest BCUT2D eigenvalue weighted by Crippen LogP contribution is 2.17. The van der Waals surface area contributed by atoms with Crippen LogP contribution in [-0.4, -0.2) is 42.2 Å². The minimum Gasteiger partial charge on any atom is -0.492 e. The molecule has 0 amide bonds. The second-order valence-corrected chi connectivity index (χ2v) is 5.22. The number of nitrogens with zero attached hydrogens (tertiary/aromatic N) is 1. The second kappa shape index (κ2) is 6.78. The van der Waals surface area contributed by atoms with Gasteiger partial charge in [-0.05, 0) is 43.7 Å². The molecule has 1 fully saturated rings. The number of benzene rings is 1. The van der Waals surface area contributed by atoms with E-state index in [1.807, 2.05) is 12.1 Å². The third-order valence-electron chi connectivity index (χ3n) is 3.34. The van der Waals surface area contributed by atoms with Crippen molar-refractivity contribution in [3.63, 3.8) is 0 Å². The zero-order chi connectivity index (χ0) is 13.7. The highest BCUT2D eigenvalue weighted by molar-refractivity contribution is 6.30. The van der Waals surface area contributed by atoms with Crippen molar-refractivity contribution in [3.8, 4) is 5.75 Å². The lowest BCUT2D eigenvalue weighted by Crippen LogP contribution is -2.40. The van der Waals surface area contributed by atoms with Gasteiger partial charge in [-0.1, -0.05) is 11.6 Å². The molecule has 1 atom stereocenters. The first kappa shape index (κ1) is 14.2. The van der Waals surface area contributed by atoms with Crippen LogP contribution in [0.25, 0.3) is 0 Å². The minimum atomic E-state index is -0.691. The van der Waals surface area contributed by atoms with E-state index in [1.165, 1.54) is 0 Å². The first-order valence-corrected chi connectivity index (χ1v) is 6.86. The smallest absolute Gasteiger partial charge is 0.307 e. The van der Waals surface area contributed by atoms with Crippen molar-refractivity contribution in [3.05, 3.63) is 29.3 Å². The summed E-state index contributed by atoms with van der Waals surface area (Å²) >= 11 is 5.79. The Kier molecular flexibility index (Phi) is 5.05. The van der Waals surface area contributed by atoms with E-state index in [0.717, 1.165) is 31.7 Å². The van der Waals surface area contributed by atoms with Gasteiger partial charge in [0.1, 0.15) is 12.4 Å². The summed E-state index contributed by atoms with van der Waals surface area (Å²) in [6, 6.07) is 7.24. The molecule has 0 saturated carbocycles. The molecule has 104 valence electrons. The first-order chi connectivity index (χ1) is 9.15. The minimum absolute atomic E-state index is 0.232. The van der Waals surface area contributed by atoms with Gasteiger partial charge >= 0.3 is 5.97 Å². The molecule has 19 heavy (non-hydrogen) atoms. The summed E-state index contributed by atoms with van der Waals surface area (Å²) in [5.41, 5.74) is 0. The van der Waals surface area contributed by atoms with Crippen LogP contribution in [0.3, 0.4) is 0 Å². The lowest BCUT2D eigenvalue weighted by molar-refractivity contribution is -0.143. The Balaban J connectivity index is 1.73. The van der Waals surface area contributed by atoms with Gasteiger partial charge in [0.2, 0.25) is 0 Å². The molecule has 0 aliphatic carbocycles. The van der Waals surface area contributed by atoms with Gasteiger partial charge in [-0.15, -0.1) is 0 Å². The highest BCUT2D eigenvalue weighted by Gasteiger charge is 2.24. The maximum absolute atomic E-state index is 11.0. The van der Waals surface area contributed by atoms with Crippen LogP contribution in [0.1, 0.15) is 12.8 Å². The normalized spacial score (nSPS) is 20.2. The number of carbonyl (C=O) groups is 1. The fraction of sp³-hybridized carbons (Fsp3) is 0.500. The van der Waals surface area contributed by atoms with E-state index in [1.54, 1.807) is 12.1 Å². The SMILES string of the molecule is O=C(O)[C@@H]1CCCN(CCOc2ccc(Cl)cc2)C1. The summed E-state index contributed by atoms with van der Waals surface area (Å²) < 4.78 is 5.61. The molecule has 0 unspecified atom stereocenters. The number of carboxylic acid groups (broad SMARTS) is 1. The largest absolute Gasteiger partial charge is 0.492 e. The van der Waals surface area contributed by atoms with Crippen LogP contribution in [0, 0.1) is 5.92 Å². The molecule has 1 aromatic rings. The van der Waals surface area contributed by atoms with E-state index < -0.39 is 5.97 Å². The van der Waals surface area contributed by atoms with E-state index in [4.69, 9.17) is 21.4 Å². The Morgan fingerprint density at radius 2 is 2.16 bits per heavy atom. The third-order valence-corrected chi connectivity index (χ3v) is 3.60. The monoisotopic (exact) mass is 283 g/mol. The van der Waals surface area contributed by atoms with Gasteiger partial charge in [0.25, 0.3) is 0 Å².